The number of benzene rings is 12. The molecular weight excluding hydrogens is 1430 g/mol. The van der Waals surface area contributed by atoms with Crippen LogP contribution < -0.4 is 45.6 Å². The van der Waals surface area contributed by atoms with Gasteiger partial charge in [-0.25, -0.2) is 0 Å². The van der Waals surface area contributed by atoms with Gasteiger partial charge in [-0.2, -0.15) is 0 Å². The van der Waals surface area contributed by atoms with Gasteiger partial charge in [0.25, 0.3) is 0 Å². The lowest BCUT2D eigenvalue weighted by Crippen LogP contribution is -2.35. The quantitative estimate of drug-likeness (QED) is 0.0213. The fraction of sp³-hybridized carbons (Fsp3) is 0.219. The van der Waals surface area contributed by atoms with Crippen LogP contribution in [0.5, 0.6) is 69.0 Å². The second-order valence-electron chi connectivity index (χ2n) is 28.4. The third-order valence-electron chi connectivity index (χ3n) is 19.0. The van der Waals surface area contributed by atoms with Gasteiger partial charge in [-0.3, -0.25) is 29.1 Å². The number of hydrogen-bond acceptors (Lipinski definition) is 15. The predicted octanol–water partition coefficient (Wildman–Crippen LogP) is 20.1. The van der Waals surface area contributed by atoms with E-state index in [0.29, 0.717) is 78.2 Å². The summed E-state index contributed by atoms with van der Waals surface area (Å²) in [6.45, 7) is 16.9. The molecule has 0 spiro atoms. The monoisotopic (exact) mass is 1530 g/mol. The first-order chi connectivity index (χ1) is 55.1. The molecular formula is C96H102N6O12. The van der Waals surface area contributed by atoms with E-state index in [9.17, 15) is 29.7 Å². The smallest absolute Gasteiger partial charge is 0.320 e. The van der Waals surface area contributed by atoms with E-state index in [1.165, 1.54) is 0 Å². The number of carboxylic acids is 3. The molecule has 0 saturated heterocycles. The molecule has 0 aliphatic carbocycles. The largest absolute Gasteiger partial charge is 0.480 e. The van der Waals surface area contributed by atoms with Crippen molar-refractivity contribution in [3.63, 3.8) is 0 Å². The van der Waals surface area contributed by atoms with Crippen LogP contribution in [0, 0.1) is 41.5 Å². The van der Waals surface area contributed by atoms with Gasteiger partial charge in [-0.1, -0.05) is 205 Å². The minimum atomic E-state index is -1.00. The van der Waals surface area contributed by atoms with Gasteiger partial charge in [0, 0.05) is 92.3 Å². The molecule has 0 radical (unpaired) electrons. The number of para-hydroxylation sites is 8. The van der Waals surface area contributed by atoms with Crippen LogP contribution in [-0.2, 0) is 53.7 Å². The molecule has 0 unspecified atom stereocenters. The molecule has 12 rings (SSSR count). The Bertz CT molecular complexity index is 4800. The van der Waals surface area contributed by atoms with E-state index in [0.717, 1.165) is 136 Å². The van der Waals surface area contributed by atoms with E-state index in [4.69, 9.17) is 45.6 Å². The van der Waals surface area contributed by atoms with Crippen LogP contribution in [0.25, 0.3) is 0 Å². The number of carbonyl (C=O) groups is 3. The Hall–Kier alpha value is -12.4. The van der Waals surface area contributed by atoms with Crippen molar-refractivity contribution in [1.82, 2.24) is 14.7 Å². The second-order valence-corrected chi connectivity index (χ2v) is 28.4. The molecule has 0 aromatic heterocycles. The molecule has 12 aromatic rings. The number of ether oxygens (including phenoxy) is 6. The average molecular weight is 1530 g/mol. The Morgan fingerprint density at radius 2 is 0.491 bits per heavy atom. The summed E-state index contributed by atoms with van der Waals surface area (Å²) >= 11 is 0. The van der Waals surface area contributed by atoms with Crippen molar-refractivity contribution in [1.29, 1.82) is 0 Å². The highest BCUT2D eigenvalue weighted by Gasteiger charge is 2.23. The molecule has 0 bridgehead atoms. The first kappa shape index (κ1) is 84.1. The van der Waals surface area contributed by atoms with E-state index in [-0.39, 0.29) is 0 Å². The van der Waals surface area contributed by atoms with Crippen molar-refractivity contribution < 1.29 is 58.1 Å². The van der Waals surface area contributed by atoms with Gasteiger partial charge in [-0.05, 0) is 180 Å². The Morgan fingerprint density at radius 1 is 0.263 bits per heavy atom. The van der Waals surface area contributed by atoms with Gasteiger partial charge < -0.3 is 60.9 Å². The molecule has 114 heavy (non-hydrogen) atoms. The van der Waals surface area contributed by atoms with E-state index in [2.05, 4.69) is 14.7 Å². The fourth-order valence-electron chi connectivity index (χ4n) is 12.5. The summed E-state index contributed by atoms with van der Waals surface area (Å²) in [6.07, 6.45) is 0.950. The highest BCUT2D eigenvalue weighted by molar-refractivity contribution is 5.74. The van der Waals surface area contributed by atoms with E-state index in [1.807, 2.05) is 333 Å². The van der Waals surface area contributed by atoms with Crippen LogP contribution in [-0.4, -0.2) is 85.7 Å². The van der Waals surface area contributed by atoms with Gasteiger partial charge in [0.15, 0.2) is 0 Å². The number of nitrogens with two attached hydrogens (primary N) is 3. The fourth-order valence-corrected chi connectivity index (χ4v) is 12.5. The van der Waals surface area contributed by atoms with Crippen LogP contribution in [0.4, 0.5) is 0 Å². The average Bonchev–Trinajstić information content (AvgIpc) is 0.840. The molecule has 9 N–H and O–H groups in total. The molecule has 0 heterocycles. The standard InChI is InChI=1S/3C32H34N2O4/c1-23-11-3-7-15-28(23)37-30-17-9-5-13-25(30)21-34(20-19-27(33)32(35)36)22-26-14-6-10-18-31(26)38-29-16-8-4-12-24(29)2;1-23-9-7-13-27(19-23)37-30-15-5-3-11-25(30)21-34(18-17-29(33)32(35)36)22-26-12-4-6-16-31(26)38-28-14-8-10-24(2)20-28;1-23-11-15-27(16-12-23)37-30-9-5-3-7-25(30)21-34(20-19-29(33)32(35)36)22-26-8-4-6-10-31(26)38-28-17-13-24(2)14-18-28/h3-18,27H,19-22,33H2,1-2H3,(H,35,36);3-16,19-20,29H,17-18,21-22,33H2,1-2H3,(H,35,36);3-18,29H,19-22,33H2,1-2H3,(H,35,36)/t27-;2*29-/m000/s1. The van der Waals surface area contributed by atoms with Crippen molar-refractivity contribution >= 4 is 17.9 Å². The Morgan fingerprint density at radius 3 is 0.737 bits per heavy atom. The summed E-state index contributed by atoms with van der Waals surface area (Å²) in [4.78, 5) is 40.8. The van der Waals surface area contributed by atoms with Gasteiger partial charge in [0.1, 0.15) is 87.1 Å². The van der Waals surface area contributed by atoms with Crippen molar-refractivity contribution in [2.45, 2.75) is 118 Å². The predicted molar refractivity (Wildman–Crippen MR) is 449 cm³/mol. The summed E-state index contributed by atoms with van der Waals surface area (Å²) in [5.74, 6) is 6.22. The van der Waals surface area contributed by atoms with Crippen LogP contribution in [0.15, 0.2) is 291 Å². The lowest BCUT2D eigenvalue weighted by atomic mass is 10.1. The molecule has 588 valence electrons. The topological polar surface area (TPSA) is 255 Å². The van der Waals surface area contributed by atoms with Crippen molar-refractivity contribution in [3.8, 4) is 69.0 Å². The Balaban J connectivity index is 0.000000181. The number of rotatable bonds is 36. The first-order valence-corrected chi connectivity index (χ1v) is 38.2. The van der Waals surface area contributed by atoms with E-state index in [1.54, 1.807) is 0 Å². The summed E-state index contributed by atoms with van der Waals surface area (Å²) in [7, 11) is 0. The maximum Gasteiger partial charge on any atom is 0.320 e. The normalized spacial score (nSPS) is 11.8. The van der Waals surface area contributed by atoms with Gasteiger partial charge in [-0.15, -0.1) is 0 Å². The third kappa shape index (κ3) is 26.7. The summed E-state index contributed by atoms with van der Waals surface area (Å²) < 4.78 is 37.5. The van der Waals surface area contributed by atoms with Crippen molar-refractivity contribution in [3.05, 3.63) is 358 Å². The lowest BCUT2D eigenvalue weighted by molar-refractivity contribution is -0.139. The molecule has 0 saturated carbocycles. The van der Waals surface area contributed by atoms with Gasteiger partial charge in [0.2, 0.25) is 0 Å². The van der Waals surface area contributed by atoms with E-state index >= 15 is 0 Å². The number of hydrogen-bond donors (Lipinski definition) is 6. The minimum absolute atomic E-state index is 0.316. The van der Waals surface area contributed by atoms with Crippen molar-refractivity contribution in [2.75, 3.05) is 19.6 Å². The molecule has 0 aliphatic heterocycles. The third-order valence-corrected chi connectivity index (χ3v) is 19.0. The van der Waals surface area contributed by atoms with Crippen LogP contribution in [0.3, 0.4) is 0 Å². The van der Waals surface area contributed by atoms with Crippen LogP contribution in [0.2, 0.25) is 0 Å². The van der Waals surface area contributed by atoms with Crippen LogP contribution >= 0.6 is 0 Å². The minimum Gasteiger partial charge on any atom is -0.480 e. The molecule has 12 aromatic carbocycles. The number of carboxylic acid groups (broad SMARTS) is 3. The van der Waals surface area contributed by atoms with Crippen molar-refractivity contribution in [2.24, 2.45) is 17.2 Å². The maximum absolute atomic E-state index is 11.4. The highest BCUT2D eigenvalue weighted by atomic mass is 16.5. The zero-order valence-corrected chi connectivity index (χ0v) is 65.5. The lowest BCUT2D eigenvalue weighted by Gasteiger charge is -2.25. The summed E-state index contributed by atoms with van der Waals surface area (Å²) in [5.41, 5.74) is 30.2. The number of aryl methyl sites for hydroxylation is 6. The Kier molecular flexibility index (Phi) is 31.6. The zero-order chi connectivity index (χ0) is 80.7. The Labute approximate surface area is 669 Å². The summed E-state index contributed by atoms with van der Waals surface area (Å²) in [5, 5.41) is 28.1. The molecule has 18 nitrogen and oxygen atoms in total. The molecule has 0 fully saturated rings. The SMILES string of the molecule is Cc1ccc(Oc2ccccc2CN(CC[C@H](N)C(=O)O)Cc2ccccc2Oc2ccc(C)cc2)cc1.Cc1cccc(Oc2ccccc2CN(CC[C@H](N)C(=O)O)Cc2ccccc2Oc2cccc(C)c2)c1.Cc1ccccc1Oc1ccccc1CN(CC[C@H](N)C(=O)O)Cc1ccccc1Oc1ccccc1C. The number of aliphatic carboxylic acids is 3. The molecule has 0 amide bonds. The van der Waals surface area contributed by atoms with E-state index < -0.39 is 36.0 Å². The highest BCUT2D eigenvalue weighted by Crippen LogP contribution is 2.36. The first-order valence-electron chi connectivity index (χ1n) is 38.2. The van der Waals surface area contributed by atoms with Crippen LogP contribution in [0.1, 0.15) is 86.0 Å². The molecule has 18 heteroatoms. The number of nitrogens with zero attached hydrogens (tertiary/aromatic N) is 3. The second kappa shape index (κ2) is 42.9. The summed E-state index contributed by atoms with van der Waals surface area (Å²) in [6, 6.07) is 92.3. The van der Waals surface area contributed by atoms with Gasteiger partial charge in [0.05, 0.1) is 0 Å². The zero-order valence-electron chi connectivity index (χ0n) is 65.5. The maximum atomic E-state index is 11.4. The molecule has 0 aliphatic rings. The molecule has 3 atom stereocenters. The van der Waals surface area contributed by atoms with Gasteiger partial charge >= 0.3 is 17.9 Å².